The van der Waals surface area contributed by atoms with Crippen LogP contribution in [0.1, 0.15) is 29.8 Å². The molecule has 1 heterocycles. The monoisotopic (exact) mass is 315 g/mol. The van der Waals surface area contributed by atoms with Crippen LogP contribution in [0.15, 0.2) is 52.8 Å². The summed E-state index contributed by atoms with van der Waals surface area (Å²) in [5.41, 5.74) is 1.13. The van der Waals surface area contributed by atoms with Gasteiger partial charge in [0.05, 0.1) is 0 Å². The minimum absolute atomic E-state index is 0.0171. The zero-order valence-electron chi connectivity index (χ0n) is 13.2. The molecule has 0 aliphatic carbocycles. The van der Waals surface area contributed by atoms with Crippen molar-refractivity contribution in [1.82, 2.24) is 0 Å². The molecule has 0 saturated carbocycles. The van der Waals surface area contributed by atoms with Crippen LogP contribution in [0.25, 0.3) is 6.08 Å². The standard InChI is InChI=1S/C19H13N3O2/c1-19(2)17(8-7-13-3-5-14(12-23)6-4-13)16(11-22)18(24-19)15(9-20)10-21/h3-8,12H,1-2H3. The van der Waals surface area contributed by atoms with Crippen molar-refractivity contribution >= 4 is 12.4 Å². The third-order valence-electron chi connectivity index (χ3n) is 3.58. The second-order valence-electron chi connectivity index (χ2n) is 5.56. The van der Waals surface area contributed by atoms with Crippen LogP contribution in [0.3, 0.4) is 0 Å². The van der Waals surface area contributed by atoms with Gasteiger partial charge in [-0.1, -0.05) is 36.4 Å². The van der Waals surface area contributed by atoms with E-state index in [9.17, 15) is 10.1 Å². The Hall–Kier alpha value is -3.62. The maximum Gasteiger partial charge on any atom is 0.172 e. The first-order chi connectivity index (χ1) is 11.5. The number of allylic oxidation sites excluding steroid dienone is 2. The van der Waals surface area contributed by atoms with Gasteiger partial charge in [0.15, 0.2) is 11.3 Å². The van der Waals surface area contributed by atoms with Gasteiger partial charge in [0.2, 0.25) is 0 Å². The number of aldehydes is 1. The van der Waals surface area contributed by atoms with Gasteiger partial charge in [-0.25, -0.2) is 0 Å². The lowest BCUT2D eigenvalue weighted by Gasteiger charge is -2.20. The molecule has 1 aliphatic heterocycles. The second-order valence-corrected chi connectivity index (χ2v) is 5.56. The van der Waals surface area contributed by atoms with Gasteiger partial charge in [-0.2, -0.15) is 15.8 Å². The number of ether oxygens (including phenoxy) is 1. The summed E-state index contributed by atoms with van der Waals surface area (Å²) >= 11 is 0. The largest absolute Gasteiger partial charge is 0.480 e. The highest BCUT2D eigenvalue weighted by Crippen LogP contribution is 2.40. The fraction of sp³-hybridized carbons (Fsp3) is 0.158. The molecule has 0 atom stereocenters. The van der Waals surface area contributed by atoms with E-state index in [1.54, 1.807) is 62.4 Å². The molecule has 0 saturated heterocycles. The third kappa shape index (κ3) is 3.09. The number of benzene rings is 1. The number of hydrogen-bond donors (Lipinski definition) is 0. The average Bonchev–Trinajstić information content (AvgIpc) is 2.84. The molecule has 0 N–H and O–H groups in total. The zero-order chi connectivity index (χ0) is 17.7. The van der Waals surface area contributed by atoms with Crippen molar-refractivity contribution in [2.24, 2.45) is 0 Å². The predicted molar refractivity (Wildman–Crippen MR) is 86.9 cm³/mol. The Kier molecular flexibility index (Phi) is 4.64. The van der Waals surface area contributed by atoms with E-state index in [-0.39, 0.29) is 16.9 Å². The van der Waals surface area contributed by atoms with Crippen molar-refractivity contribution in [2.75, 3.05) is 0 Å². The van der Waals surface area contributed by atoms with Gasteiger partial charge >= 0.3 is 0 Å². The molecule has 0 aromatic heterocycles. The topological polar surface area (TPSA) is 97.7 Å². The molecule has 5 heteroatoms. The summed E-state index contributed by atoms with van der Waals surface area (Å²) in [5, 5.41) is 27.5. The van der Waals surface area contributed by atoms with Crippen LogP contribution in [0.5, 0.6) is 0 Å². The Balaban J connectivity index is 2.51. The number of rotatable bonds is 3. The van der Waals surface area contributed by atoms with Crippen LogP contribution in [0, 0.1) is 34.0 Å². The van der Waals surface area contributed by atoms with Gasteiger partial charge in [0, 0.05) is 11.1 Å². The Morgan fingerprint density at radius 1 is 1.04 bits per heavy atom. The number of carbonyl (C=O) groups excluding carboxylic acids is 1. The summed E-state index contributed by atoms with van der Waals surface area (Å²) in [7, 11) is 0. The highest BCUT2D eigenvalue weighted by atomic mass is 16.5. The lowest BCUT2D eigenvalue weighted by Crippen LogP contribution is -2.20. The van der Waals surface area contributed by atoms with Crippen molar-refractivity contribution in [3.8, 4) is 18.2 Å². The van der Waals surface area contributed by atoms with Gasteiger partial charge < -0.3 is 4.74 Å². The predicted octanol–water partition coefficient (Wildman–Crippen LogP) is 3.44. The Morgan fingerprint density at radius 2 is 1.62 bits per heavy atom. The fourth-order valence-corrected chi connectivity index (χ4v) is 2.35. The average molecular weight is 315 g/mol. The van der Waals surface area contributed by atoms with E-state index in [2.05, 4.69) is 0 Å². The van der Waals surface area contributed by atoms with Crippen molar-refractivity contribution in [1.29, 1.82) is 15.8 Å². The molecular formula is C19H13N3O2. The quantitative estimate of drug-likeness (QED) is 0.628. The van der Waals surface area contributed by atoms with E-state index in [1.165, 1.54) is 0 Å². The Labute approximate surface area is 140 Å². The number of carbonyl (C=O) groups is 1. The van der Waals surface area contributed by atoms with Crippen LogP contribution in [0.2, 0.25) is 0 Å². The van der Waals surface area contributed by atoms with Gasteiger partial charge in [-0.15, -0.1) is 0 Å². The molecule has 5 nitrogen and oxygen atoms in total. The lowest BCUT2D eigenvalue weighted by molar-refractivity contribution is 0.0954. The van der Waals surface area contributed by atoms with E-state index < -0.39 is 5.60 Å². The molecule has 0 unspecified atom stereocenters. The van der Waals surface area contributed by atoms with E-state index in [0.717, 1.165) is 11.8 Å². The summed E-state index contributed by atoms with van der Waals surface area (Å²) < 4.78 is 5.67. The van der Waals surface area contributed by atoms with Crippen molar-refractivity contribution in [2.45, 2.75) is 19.4 Å². The van der Waals surface area contributed by atoms with Crippen LogP contribution in [0.4, 0.5) is 0 Å². The molecule has 2 rings (SSSR count). The first-order valence-electron chi connectivity index (χ1n) is 7.09. The summed E-state index contributed by atoms with van der Waals surface area (Å²) in [5.74, 6) is 0.0171. The summed E-state index contributed by atoms with van der Waals surface area (Å²) in [6.07, 6.45) is 4.28. The summed E-state index contributed by atoms with van der Waals surface area (Å²) in [4.78, 5) is 10.7. The number of nitrogens with zero attached hydrogens (tertiary/aromatic N) is 3. The van der Waals surface area contributed by atoms with Gasteiger partial charge in [0.25, 0.3) is 0 Å². The van der Waals surface area contributed by atoms with Gasteiger partial charge in [0.1, 0.15) is 35.7 Å². The number of hydrogen-bond acceptors (Lipinski definition) is 5. The first kappa shape index (κ1) is 16.7. The molecule has 1 aromatic rings. The Bertz CT molecular complexity index is 880. The molecule has 0 spiro atoms. The van der Waals surface area contributed by atoms with Crippen molar-refractivity contribution in [3.05, 3.63) is 63.9 Å². The minimum Gasteiger partial charge on any atom is -0.480 e. The maximum absolute atomic E-state index is 10.7. The molecular weight excluding hydrogens is 302 g/mol. The lowest BCUT2D eigenvalue weighted by atomic mass is 9.94. The molecule has 0 amide bonds. The van der Waals surface area contributed by atoms with Gasteiger partial charge in [-0.05, 0) is 19.4 Å². The molecule has 1 aromatic carbocycles. The highest BCUT2D eigenvalue weighted by molar-refractivity contribution is 5.75. The smallest absolute Gasteiger partial charge is 0.172 e. The van der Waals surface area contributed by atoms with E-state index >= 15 is 0 Å². The van der Waals surface area contributed by atoms with Crippen LogP contribution in [-0.4, -0.2) is 11.9 Å². The maximum atomic E-state index is 10.7. The van der Waals surface area contributed by atoms with E-state index in [1.807, 2.05) is 6.07 Å². The van der Waals surface area contributed by atoms with Crippen molar-refractivity contribution < 1.29 is 9.53 Å². The molecule has 24 heavy (non-hydrogen) atoms. The Morgan fingerprint density at radius 3 is 2.12 bits per heavy atom. The first-order valence-corrected chi connectivity index (χ1v) is 7.09. The van der Waals surface area contributed by atoms with Crippen LogP contribution < -0.4 is 0 Å². The second kappa shape index (κ2) is 6.65. The van der Waals surface area contributed by atoms with Crippen LogP contribution in [-0.2, 0) is 4.74 Å². The molecule has 0 fully saturated rings. The third-order valence-corrected chi connectivity index (χ3v) is 3.58. The zero-order valence-corrected chi connectivity index (χ0v) is 13.2. The van der Waals surface area contributed by atoms with Gasteiger partial charge in [-0.3, -0.25) is 4.79 Å². The van der Waals surface area contributed by atoms with Crippen LogP contribution >= 0.6 is 0 Å². The molecule has 0 radical (unpaired) electrons. The van der Waals surface area contributed by atoms with E-state index in [0.29, 0.717) is 11.1 Å². The summed E-state index contributed by atoms with van der Waals surface area (Å²) in [6, 6.07) is 12.5. The molecule has 116 valence electrons. The highest BCUT2D eigenvalue weighted by Gasteiger charge is 2.38. The minimum atomic E-state index is -0.835. The molecule has 0 bridgehead atoms. The number of nitriles is 3. The van der Waals surface area contributed by atoms with Crippen molar-refractivity contribution in [3.63, 3.8) is 0 Å². The normalized spacial score (nSPS) is 15.4. The summed E-state index contributed by atoms with van der Waals surface area (Å²) in [6.45, 7) is 3.53. The fourth-order valence-electron chi connectivity index (χ4n) is 2.35. The van der Waals surface area contributed by atoms with E-state index in [4.69, 9.17) is 15.3 Å². The molecule has 1 aliphatic rings. The SMILES string of the molecule is CC1(C)OC(=C(C#N)C#N)C(C#N)=C1C=Cc1ccc(C=O)cc1.